The molecule has 0 saturated heterocycles. The average Bonchev–Trinajstić information content (AvgIpc) is 2.25. The van der Waals surface area contributed by atoms with Crippen molar-refractivity contribution >= 4 is 17.4 Å². The molecule has 0 bridgehead atoms. The summed E-state index contributed by atoms with van der Waals surface area (Å²) in [6.07, 6.45) is 4.74. The monoisotopic (exact) mass is 202 g/mol. The van der Waals surface area contributed by atoms with Gasteiger partial charge in [-0.15, -0.1) is 0 Å². The van der Waals surface area contributed by atoms with Crippen LogP contribution in [0.5, 0.6) is 0 Å². The number of aromatic nitrogens is 1. The summed E-state index contributed by atoms with van der Waals surface area (Å²) < 4.78 is 0. The standard InChI is InChI=1S/C11H10N2O2/c1-8-7-13(11(15)5-10(8)14)9-3-2-4-12-6-9/h2-4,6-7H,5H2,1H3. The summed E-state index contributed by atoms with van der Waals surface area (Å²) in [7, 11) is 0. The molecule has 15 heavy (non-hydrogen) atoms. The predicted octanol–water partition coefficient (Wildman–Crippen LogP) is 1.29. The van der Waals surface area contributed by atoms with Crippen molar-refractivity contribution in [2.45, 2.75) is 13.3 Å². The molecule has 0 spiro atoms. The topological polar surface area (TPSA) is 50.3 Å². The Hall–Kier alpha value is -1.97. The van der Waals surface area contributed by atoms with E-state index in [0.29, 0.717) is 11.3 Å². The van der Waals surface area contributed by atoms with E-state index in [1.54, 1.807) is 37.7 Å². The molecule has 1 aliphatic heterocycles. The number of carbonyl (C=O) groups is 2. The van der Waals surface area contributed by atoms with Crippen molar-refractivity contribution in [3.8, 4) is 0 Å². The van der Waals surface area contributed by atoms with Crippen LogP contribution in [0.2, 0.25) is 0 Å². The van der Waals surface area contributed by atoms with E-state index in [0.717, 1.165) is 0 Å². The second kappa shape index (κ2) is 3.65. The lowest BCUT2D eigenvalue weighted by molar-refractivity contribution is -0.125. The molecule has 1 aliphatic rings. The maximum Gasteiger partial charge on any atom is 0.238 e. The number of Topliss-reactive ketones (excluding diaryl/α,β-unsaturated/α-hetero) is 1. The molecule has 1 aromatic rings. The molecule has 0 saturated carbocycles. The van der Waals surface area contributed by atoms with Gasteiger partial charge in [0.2, 0.25) is 5.91 Å². The lowest BCUT2D eigenvalue weighted by atomic mass is 10.1. The number of hydrogen-bond donors (Lipinski definition) is 0. The van der Waals surface area contributed by atoms with Crippen molar-refractivity contribution in [3.05, 3.63) is 36.3 Å². The first-order valence-corrected chi connectivity index (χ1v) is 4.62. The Balaban J connectivity index is 2.38. The molecular formula is C11H10N2O2. The highest BCUT2D eigenvalue weighted by Gasteiger charge is 2.23. The molecule has 0 atom stereocenters. The van der Waals surface area contributed by atoms with E-state index in [4.69, 9.17) is 0 Å². The first kappa shape index (κ1) is 9.58. The number of amides is 1. The third kappa shape index (κ3) is 1.79. The normalized spacial score (nSPS) is 16.6. The van der Waals surface area contributed by atoms with Gasteiger partial charge in [0.25, 0.3) is 0 Å². The predicted molar refractivity (Wildman–Crippen MR) is 55.1 cm³/mol. The SMILES string of the molecule is CC1=CN(c2cccnc2)C(=O)CC1=O. The van der Waals surface area contributed by atoms with Crippen molar-refractivity contribution in [2.24, 2.45) is 0 Å². The third-order valence-electron chi connectivity index (χ3n) is 2.27. The minimum atomic E-state index is -0.210. The molecule has 0 fully saturated rings. The smallest absolute Gasteiger partial charge is 0.238 e. The fourth-order valence-corrected chi connectivity index (χ4v) is 1.41. The van der Waals surface area contributed by atoms with Crippen LogP contribution in [0.15, 0.2) is 36.3 Å². The molecule has 2 rings (SSSR count). The van der Waals surface area contributed by atoms with Gasteiger partial charge >= 0.3 is 0 Å². The molecule has 2 heterocycles. The number of anilines is 1. The van der Waals surface area contributed by atoms with E-state index >= 15 is 0 Å². The number of nitrogens with zero attached hydrogens (tertiary/aromatic N) is 2. The van der Waals surface area contributed by atoms with E-state index in [2.05, 4.69) is 4.98 Å². The quantitative estimate of drug-likeness (QED) is 0.645. The highest BCUT2D eigenvalue weighted by atomic mass is 16.2. The van der Waals surface area contributed by atoms with Crippen LogP contribution in [-0.4, -0.2) is 16.7 Å². The Morgan fingerprint density at radius 3 is 2.87 bits per heavy atom. The Kier molecular flexibility index (Phi) is 2.33. The van der Waals surface area contributed by atoms with Crippen molar-refractivity contribution in [1.82, 2.24) is 4.98 Å². The summed E-state index contributed by atoms with van der Waals surface area (Å²) in [5.41, 5.74) is 1.29. The van der Waals surface area contributed by atoms with Gasteiger partial charge in [0.15, 0.2) is 5.78 Å². The highest BCUT2D eigenvalue weighted by molar-refractivity contribution is 6.15. The van der Waals surface area contributed by atoms with Gasteiger partial charge in [0.05, 0.1) is 18.3 Å². The maximum absolute atomic E-state index is 11.6. The van der Waals surface area contributed by atoms with Gasteiger partial charge < -0.3 is 0 Å². The van der Waals surface area contributed by atoms with E-state index < -0.39 is 0 Å². The van der Waals surface area contributed by atoms with Gasteiger partial charge in [0.1, 0.15) is 0 Å². The average molecular weight is 202 g/mol. The minimum Gasteiger partial charge on any atom is -0.294 e. The Morgan fingerprint density at radius 1 is 1.40 bits per heavy atom. The molecule has 76 valence electrons. The number of allylic oxidation sites excluding steroid dienone is 1. The van der Waals surface area contributed by atoms with Gasteiger partial charge in [-0.3, -0.25) is 19.5 Å². The number of rotatable bonds is 1. The van der Waals surface area contributed by atoms with Crippen LogP contribution >= 0.6 is 0 Å². The zero-order valence-corrected chi connectivity index (χ0v) is 8.30. The second-order valence-electron chi connectivity index (χ2n) is 3.39. The van der Waals surface area contributed by atoms with Crippen molar-refractivity contribution < 1.29 is 9.59 Å². The summed E-state index contributed by atoms with van der Waals surface area (Å²) in [6, 6.07) is 3.53. The molecule has 0 unspecified atom stereocenters. The van der Waals surface area contributed by atoms with Gasteiger partial charge in [-0.1, -0.05) is 0 Å². The van der Waals surface area contributed by atoms with Crippen LogP contribution < -0.4 is 4.90 Å². The molecule has 4 heteroatoms. The first-order chi connectivity index (χ1) is 7.18. The van der Waals surface area contributed by atoms with Crippen LogP contribution in [0.4, 0.5) is 5.69 Å². The van der Waals surface area contributed by atoms with Crippen LogP contribution in [0.25, 0.3) is 0 Å². The van der Waals surface area contributed by atoms with Crippen molar-refractivity contribution in [1.29, 1.82) is 0 Å². The maximum atomic E-state index is 11.6. The molecule has 0 aromatic carbocycles. The summed E-state index contributed by atoms with van der Waals surface area (Å²) in [4.78, 5) is 28.2. The van der Waals surface area contributed by atoms with Gasteiger partial charge in [0, 0.05) is 18.0 Å². The van der Waals surface area contributed by atoms with Crippen LogP contribution in [0, 0.1) is 0 Å². The number of ketones is 1. The number of hydrogen-bond acceptors (Lipinski definition) is 3. The van der Waals surface area contributed by atoms with Gasteiger partial charge in [-0.05, 0) is 19.1 Å². The largest absolute Gasteiger partial charge is 0.294 e. The fourth-order valence-electron chi connectivity index (χ4n) is 1.41. The Morgan fingerprint density at radius 2 is 2.20 bits per heavy atom. The fraction of sp³-hybridized carbons (Fsp3) is 0.182. The van der Waals surface area contributed by atoms with Crippen molar-refractivity contribution in [3.63, 3.8) is 0 Å². The first-order valence-electron chi connectivity index (χ1n) is 4.62. The second-order valence-corrected chi connectivity index (χ2v) is 3.39. The molecule has 0 aliphatic carbocycles. The number of carbonyl (C=O) groups excluding carboxylic acids is 2. The minimum absolute atomic E-state index is 0.0583. The van der Waals surface area contributed by atoms with E-state index in [-0.39, 0.29) is 18.1 Å². The summed E-state index contributed by atoms with van der Waals surface area (Å²) in [6.45, 7) is 1.71. The van der Waals surface area contributed by atoms with E-state index in [1.165, 1.54) is 4.90 Å². The molecule has 1 aromatic heterocycles. The molecular weight excluding hydrogens is 192 g/mol. The summed E-state index contributed by atoms with van der Waals surface area (Å²) >= 11 is 0. The van der Waals surface area contributed by atoms with E-state index in [9.17, 15) is 9.59 Å². The molecule has 0 N–H and O–H groups in total. The lowest BCUT2D eigenvalue weighted by Gasteiger charge is -2.22. The Labute approximate surface area is 87.2 Å². The third-order valence-corrected chi connectivity index (χ3v) is 2.27. The zero-order chi connectivity index (χ0) is 10.8. The van der Waals surface area contributed by atoms with Gasteiger partial charge in [-0.25, -0.2) is 0 Å². The van der Waals surface area contributed by atoms with Gasteiger partial charge in [-0.2, -0.15) is 0 Å². The molecule has 1 amide bonds. The van der Waals surface area contributed by atoms with Crippen LogP contribution in [0.3, 0.4) is 0 Å². The zero-order valence-electron chi connectivity index (χ0n) is 8.30. The lowest BCUT2D eigenvalue weighted by Crippen LogP contribution is -2.32. The summed E-state index contributed by atoms with van der Waals surface area (Å²) in [5, 5.41) is 0. The highest BCUT2D eigenvalue weighted by Crippen LogP contribution is 2.19. The molecule has 4 nitrogen and oxygen atoms in total. The van der Waals surface area contributed by atoms with E-state index in [1.807, 2.05) is 0 Å². The molecule has 0 radical (unpaired) electrons. The summed E-state index contributed by atoms with van der Waals surface area (Å²) in [5.74, 6) is -0.321. The number of pyridine rings is 1. The van der Waals surface area contributed by atoms with Crippen LogP contribution in [0.1, 0.15) is 13.3 Å². The Bertz CT molecular complexity index is 437. The van der Waals surface area contributed by atoms with Crippen LogP contribution in [-0.2, 0) is 9.59 Å². The van der Waals surface area contributed by atoms with Crippen molar-refractivity contribution in [2.75, 3.05) is 4.90 Å².